The molecule has 1 aliphatic carbocycles. The highest BCUT2D eigenvalue weighted by atomic mass is 35.5. The lowest BCUT2D eigenvalue weighted by Crippen LogP contribution is -2.31. The third-order valence-corrected chi connectivity index (χ3v) is 3.87. The number of aliphatic hydroxyl groups excluding tert-OH is 1. The molecule has 5 heteroatoms. The van der Waals surface area contributed by atoms with E-state index in [0.717, 1.165) is 24.1 Å². The Hall–Kier alpha value is -1.10. The van der Waals surface area contributed by atoms with E-state index < -0.39 is 6.10 Å². The van der Waals surface area contributed by atoms with Crippen LogP contribution in [0.2, 0.25) is 0 Å². The van der Waals surface area contributed by atoms with Gasteiger partial charge in [0.2, 0.25) is 5.91 Å². The molecule has 1 fully saturated rings. The van der Waals surface area contributed by atoms with Crippen molar-refractivity contribution in [2.75, 3.05) is 5.32 Å². The average molecular weight is 299 g/mol. The van der Waals surface area contributed by atoms with Crippen LogP contribution in [0.4, 0.5) is 5.69 Å². The highest BCUT2D eigenvalue weighted by molar-refractivity contribution is 5.88. The third kappa shape index (κ3) is 4.20. The lowest BCUT2D eigenvalue weighted by molar-refractivity contribution is -0.114. The first-order chi connectivity index (χ1) is 9.08. The summed E-state index contributed by atoms with van der Waals surface area (Å²) in [5, 5.41) is 13.0. The molecule has 0 bridgehead atoms. The van der Waals surface area contributed by atoms with Crippen molar-refractivity contribution in [1.29, 1.82) is 0 Å². The van der Waals surface area contributed by atoms with E-state index in [1.807, 2.05) is 24.3 Å². The summed E-state index contributed by atoms with van der Waals surface area (Å²) < 4.78 is 0. The summed E-state index contributed by atoms with van der Waals surface area (Å²) in [4.78, 5) is 10.9. The van der Waals surface area contributed by atoms with Crippen LogP contribution in [0.3, 0.4) is 0 Å². The number of nitrogens with two attached hydrogens (primary N) is 1. The van der Waals surface area contributed by atoms with Crippen LogP contribution in [0.25, 0.3) is 0 Å². The SMILES string of the molecule is CC(=O)Nc1ccc([C@H](N)[C@H](O)C2CCCC2)cc1.Cl. The van der Waals surface area contributed by atoms with E-state index >= 15 is 0 Å². The number of rotatable bonds is 4. The third-order valence-electron chi connectivity index (χ3n) is 3.87. The number of nitrogens with one attached hydrogen (secondary N) is 1. The number of anilines is 1. The smallest absolute Gasteiger partial charge is 0.221 e. The second-order valence-corrected chi connectivity index (χ2v) is 5.36. The van der Waals surface area contributed by atoms with Crippen molar-refractivity contribution in [1.82, 2.24) is 0 Å². The van der Waals surface area contributed by atoms with Crippen LogP contribution < -0.4 is 11.1 Å². The Bertz CT molecular complexity index is 430. The van der Waals surface area contributed by atoms with Gasteiger partial charge in [-0.15, -0.1) is 12.4 Å². The molecule has 0 saturated heterocycles. The van der Waals surface area contributed by atoms with Crippen molar-refractivity contribution in [3.05, 3.63) is 29.8 Å². The van der Waals surface area contributed by atoms with Crippen LogP contribution in [-0.2, 0) is 4.79 Å². The van der Waals surface area contributed by atoms with Crippen molar-refractivity contribution in [2.45, 2.75) is 44.8 Å². The highest BCUT2D eigenvalue weighted by Crippen LogP contribution is 2.32. The van der Waals surface area contributed by atoms with E-state index in [1.54, 1.807) is 0 Å². The van der Waals surface area contributed by atoms with E-state index in [0.29, 0.717) is 5.92 Å². The number of aliphatic hydroxyl groups is 1. The molecule has 1 aromatic rings. The fourth-order valence-corrected chi connectivity index (χ4v) is 2.78. The molecule has 0 radical (unpaired) electrons. The second-order valence-electron chi connectivity index (χ2n) is 5.36. The number of carbonyl (C=O) groups is 1. The van der Waals surface area contributed by atoms with Gasteiger partial charge in [0.05, 0.1) is 12.1 Å². The minimum Gasteiger partial charge on any atom is -0.391 e. The van der Waals surface area contributed by atoms with Crippen molar-refractivity contribution in [2.24, 2.45) is 11.7 Å². The maximum absolute atomic E-state index is 10.9. The number of carbonyl (C=O) groups excluding carboxylic acids is 1. The molecule has 2 rings (SSSR count). The summed E-state index contributed by atoms with van der Waals surface area (Å²) >= 11 is 0. The Morgan fingerprint density at radius 1 is 1.30 bits per heavy atom. The predicted molar refractivity (Wildman–Crippen MR) is 82.9 cm³/mol. The quantitative estimate of drug-likeness (QED) is 0.800. The monoisotopic (exact) mass is 298 g/mol. The number of amides is 1. The van der Waals surface area contributed by atoms with Crippen LogP contribution in [0.15, 0.2) is 24.3 Å². The molecular formula is C15H23ClN2O2. The molecule has 0 unspecified atom stereocenters. The highest BCUT2D eigenvalue weighted by Gasteiger charge is 2.28. The van der Waals surface area contributed by atoms with Gasteiger partial charge in [-0.3, -0.25) is 4.79 Å². The second kappa shape index (κ2) is 7.62. The van der Waals surface area contributed by atoms with Gasteiger partial charge >= 0.3 is 0 Å². The molecule has 0 aromatic heterocycles. The summed E-state index contributed by atoms with van der Waals surface area (Å²) in [5.74, 6) is 0.230. The summed E-state index contributed by atoms with van der Waals surface area (Å²) in [6, 6.07) is 7.02. The summed E-state index contributed by atoms with van der Waals surface area (Å²) in [6.07, 6.45) is 4.04. The van der Waals surface area contributed by atoms with Gasteiger partial charge in [0.1, 0.15) is 0 Å². The molecular weight excluding hydrogens is 276 g/mol. The number of halogens is 1. The van der Waals surface area contributed by atoms with Gasteiger partial charge in [-0.1, -0.05) is 25.0 Å². The zero-order valence-corrected chi connectivity index (χ0v) is 12.5. The van der Waals surface area contributed by atoms with Crippen LogP contribution >= 0.6 is 12.4 Å². The van der Waals surface area contributed by atoms with Gasteiger partial charge in [-0.25, -0.2) is 0 Å². The van der Waals surface area contributed by atoms with Crippen molar-refractivity contribution < 1.29 is 9.90 Å². The number of benzene rings is 1. The standard InChI is InChI=1S/C15H22N2O2.ClH/c1-10(18)17-13-8-6-11(7-9-13)14(16)15(19)12-4-2-3-5-12;/h6-9,12,14-15,19H,2-5,16H2,1H3,(H,17,18);1H/t14-,15+;/m0./s1. The molecule has 0 spiro atoms. The Morgan fingerprint density at radius 3 is 2.35 bits per heavy atom. The Kier molecular flexibility index (Phi) is 6.46. The topological polar surface area (TPSA) is 75.4 Å². The van der Waals surface area contributed by atoms with E-state index in [1.165, 1.54) is 19.8 Å². The average Bonchev–Trinajstić information content (AvgIpc) is 2.91. The van der Waals surface area contributed by atoms with E-state index in [4.69, 9.17) is 5.73 Å². The van der Waals surface area contributed by atoms with Gasteiger partial charge in [-0.2, -0.15) is 0 Å². The predicted octanol–water partition coefficient (Wildman–Crippen LogP) is 2.62. The Balaban J connectivity index is 0.00000200. The maximum Gasteiger partial charge on any atom is 0.221 e. The first-order valence-electron chi connectivity index (χ1n) is 6.89. The summed E-state index contributed by atoms with van der Waals surface area (Å²) in [5.41, 5.74) is 7.79. The fraction of sp³-hybridized carbons (Fsp3) is 0.533. The number of hydrogen-bond acceptors (Lipinski definition) is 3. The molecule has 20 heavy (non-hydrogen) atoms. The molecule has 1 amide bonds. The van der Waals surface area contributed by atoms with Gasteiger partial charge in [0, 0.05) is 12.6 Å². The molecule has 4 N–H and O–H groups in total. The minimum absolute atomic E-state index is 0. The van der Waals surface area contributed by atoms with Crippen LogP contribution in [0.5, 0.6) is 0 Å². The van der Waals surface area contributed by atoms with Crippen LogP contribution in [0.1, 0.15) is 44.2 Å². The number of hydrogen-bond donors (Lipinski definition) is 3. The molecule has 1 aromatic carbocycles. The van der Waals surface area contributed by atoms with E-state index in [-0.39, 0.29) is 24.4 Å². The van der Waals surface area contributed by atoms with Crippen molar-refractivity contribution in [3.63, 3.8) is 0 Å². The van der Waals surface area contributed by atoms with Gasteiger partial charge in [0.15, 0.2) is 0 Å². The molecule has 0 heterocycles. The first-order valence-corrected chi connectivity index (χ1v) is 6.89. The van der Waals surface area contributed by atoms with Gasteiger partial charge in [0.25, 0.3) is 0 Å². The van der Waals surface area contributed by atoms with Crippen LogP contribution in [-0.4, -0.2) is 17.1 Å². The summed E-state index contributed by atoms with van der Waals surface area (Å²) in [7, 11) is 0. The van der Waals surface area contributed by atoms with Crippen molar-refractivity contribution >= 4 is 24.0 Å². The lowest BCUT2D eigenvalue weighted by Gasteiger charge is -2.24. The van der Waals surface area contributed by atoms with E-state index in [2.05, 4.69) is 5.32 Å². The Labute approximate surface area is 126 Å². The molecule has 4 nitrogen and oxygen atoms in total. The fourth-order valence-electron chi connectivity index (χ4n) is 2.78. The molecule has 1 aliphatic rings. The molecule has 112 valence electrons. The summed E-state index contributed by atoms with van der Waals surface area (Å²) in [6.45, 7) is 1.48. The molecule has 2 atom stereocenters. The normalized spacial score (nSPS) is 18.1. The lowest BCUT2D eigenvalue weighted by atomic mass is 9.91. The van der Waals surface area contributed by atoms with Gasteiger partial charge in [-0.05, 0) is 36.5 Å². The van der Waals surface area contributed by atoms with E-state index in [9.17, 15) is 9.90 Å². The molecule has 0 aliphatic heterocycles. The maximum atomic E-state index is 10.9. The first kappa shape index (κ1) is 17.0. The van der Waals surface area contributed by atoms with Gasteiger partial charge < -0.3 is 16.2 Å². The largest absolute Gasteiger partial charge is 0.391 e. The van der Waals surface area contributed by atoms with Crippen LogP contribution in [0, 0.1) is 5.92 Å². The Morgan fingerprint density at radius 2 is 1.85 bits per heavy atom. The van der Waals surface area contributed by atoms with Crippen molar-refractivity contribution in [3.8, 4) is 0 Å². The zero-order chi connectivity index (χ0) is 13.8. The minimum atomic E-state index is -0.478. The zero-order valence-electron chi connectivity index (χ0n) is 11.7. The molecule has 1 saturated carbocycles.